The van der Waals surface area contributed by atoms with E-state index in [2.05, 4.69) is 15.3 Å². The highest BCUT2D eigenvalue weighted by Crippen LogP contribution is 2.21. The van der Waals surface area contributed by atoms with Crippen molar-refractivity contribution in [3.63, 3.8) is 0 Å². The van der Waals surface area contributed by atoms with Crippen molar-refractivity contribution in [2.24, 2.45) is 0 Å². The molecule has 26 heavy (non-hydrogen) atoms. The fourth-order valence-corrected chi connectivity index (χ4v) is 2.64. The summed E-state index contributed by atoms with van der Waals surface area (Å²) < 4.78 is 38.0. The molecule has 1 fully saturated rings. The average Bonchev–Trinajstić information content (AvgIpc) is 2.65. The molecule has 0 saturated carbocycles. The predicted octanol–water partition coefficient (Wildman–Crippen LogP) is 2.84. The van der Waals surface area contributed by atoms with Gasteiger partial charge in [0.1, 0.15) is 23.4 Å². The van der Waals surface area contributed by atoms with Gasteiger partial charge in [0.2, 0.25) is 5.88 Å². The van der Waals surface area contributed by atoms with Crippen molar-refractivity contribution in [1.82, 2.24) is 14.9 Å². The van der Waals surface area contributed by atoms with E-state index in [1.165, 1.54) is 24.3 Å². The van der Waals surface area contributed by atoms with E-state index in [9.17, 15) is 13.6 Å². The van der Waals surface area contributed by atoms with Crippen LogP contribution in [0.2, 0.25) is 0 Å². The van der Waals surface area contributed by atoms with Gasteiger partial charge >= 0.3 is 12.0 Å². The fraction of sp³-hybridized carbons (Fsp3) is 0.353. The minimum atomic E-state index is -0.811. The highest BCUT2D eigenvalue weighted by atomic mass is 19.1. The summed E-state index contributed by atoms with van der Waals surface area (Å²) in [5.41, 5.74) is -0.441. The van der Waals surface area contributed by atoms with Crippen molar-refractivity contribution >= 4 is 11.7 Å². The van der Waals surface area contributed by atoms with Gasteiger partial charge in [0.05, 0.1) is 7.11 Å². The van der Waals surface area contributed by atoms with Gasteiger partial charge in [-0.1, -0.05) is 6.07 Å². The maximum absolute atomic E-state index is 13.6. The molecular formula is C17H18F2N4O3. The van der Waals surface area contributed by atoms with Crippen LogP contribution in [0.25, 0.3) is 0 Å². The third-order valence-corrected chi connectivity index (χ3v) is 4.00. The van der Waals surface area contributed by atoms with Crippen LogP contribution in [-0.4, -0.2) is 47.2 Å². The third kappa shape index (κ3) is 4.16. The molecule has 2 aromatic rings. The number of nitrogens with zero attached hydrogens (tertiary/aromatic N) is 3. The van der Waals surface area contributed by atoms with Gasteiger partial charge in [0.25, 0.3) is 0 Å². The summed E-state index contributed by atoms with van der Waals surface area (Å²) in [6.45, 7) is 0.795. The molecule has 1 saturated heterocycles. The van der Waals surface area contributed by atoms with E-state index in [1.54, 1.807) is 6.07 Å². The third-order valence-electron chi connectivity index (χ3n) is 4.00. The first-order valence-electron chi connectivity index (χ1n) is 8.10. The number of carbonyl (C=O) groups is 1. The molecule has 0 radical (unpaired) electrons. The number of anilines is 1. The van der Waals surface area contributed by atoms with Gasteiger partial charge in [-0.2, -0.15) is 4.98 Å². The zero-order chi connectivity index (χ0) is 18.5. The van der Waals surface area contributed by atoms with Gasteiger partial charge in [-0.3, -0.25) is 0 Å². The van der Waals surface area contributed by atoms with E-state index in [0.717, 1.165) is 12.1 Å². The SMILES string of the molecule is COc1nccc(OC2CCN(C(=O)Nc3c(F)cccc3F)CC2)n1. The van der Waals surface area contributed by atoms with Gasteiger partial charge in [-0.15, -0.1) is 0 Å². The molecule has 1 aromatic carbocycles. The van der Waals surface area contributed by atoms with Crippen LogP contribution in [0.1, 0.15) is 12.8 Å². The van der Waals surface area contributed by atoms with Gasteiger partial charge < -0.3 is 19.7 Å². The van der Waals surface area contributed by atoms with Crippen LogP contribution in [0.15, 0.2) is 30.5 Å². The molecule has 1 aromatic heterocycles. The van der Waals surface area contributed by atoms with Crippen LogP contribution in [-0.2, 0) is 0 Å². The number of piperidine rings is 1. The zero-order valence-corrected chi connectivity index (χ0v) is 14.1. The van der Waals surface area contributed by atoms with E-state index < -0.39 is 23.4 Å². The number of ether oxygens (including phenoxy) is 2. The molecule has 0 atom stereocenters. The number of amides is 2. The number of aromatic nitrogens is 2. The molecule has 1 N–H and O–H groups in total. The topological polar surface area (TPSA) is 76.6 Å². The smallest absolute Gasteiger partial charge is 0.322 e. The molecule has 1 aliphatic rings. The van der Waals surface area contributed by atoms with Gasteiger partial charge in [-0.05, 0) is 12.1 Å². The molecule has 1 aliphatic heterocycles. The summed E-state index contributed by atoms with van der Waals surface area (Å²) in [5.74, 6) is -1.23. The van der Waals surface area contributed by atoms with Crippen LogP contribution in [0.3, 0.4) is 0 Å². The second-order valence-electron chi connectivity index (χ2n) is 5.71. The van der Waals surface area contributed by atoms with Gasteiger partial charge in [0, 0.05) is 38.2 Å². The van der Waals surface area contributed by atoms with Crippen LogP contribution in [0, 0.1) is 11.6 Å². The van der Waals surface area contributed by atoms with Crippen molar-refractivity contribution in [2.75, 3.05) is 25.5 Å². The molecule has 0 unspecified atom stereocenters. The Bertz CT molecular complexity index is 762. The molecule has 0 bridgehead atoms. The van der Waals surface area contributed by atoms with E-state index in [4.69, 9.17) is 9.47 Å². The normalized spacial score (nSPS) is 14.8. The maximum atomic E-state index is 13.6. The highest BCUT2D eigenvalue weighted by molar-refractivity contribution is 5.89. The van der Waals surface area contributed by atoms with E-state index in [1.807, 2.05) is 0 Å². The first kappa shape index (κ1) is 17.8. The summed E-state index contributed by atoms with van der Waals surface area (Å²) in [7, 11) is 1.47. The minimum Gasteiger partial charge on any atom is -0.474 e. The van der Waals surface area contributed by atoms with Crippen LogP contribution in [0.5, 0.6) is 11.9 Å². The van der Waals surface area contributed by atoms with E-state index in [0.29, 0.717) is 31.8 Å². The molecule has 3 rings (SSSR count). The number of para-hydroxylation sites is 1. The minimum absolute atomic E-state index is 0.121. The van der Waals surface area contributed by atoms with Crippen LogP contribution in [0.4, 0.5) is 19.3 Å². The van der Waals surface area contributed by atoms with Crippen LogP contribution >= 0.6 is 0 Å². The fourth-order valence-electron chi connectivity index (χ4n) is 2.64. The quantitative estimate of drug-likeness (QED) is 0.903. The lowest BCUT2D eigenvalue weighted by Crippen LogP contribution is -2.44. The largest absolute Gasteiger partial charge is 0.474 e. The summed E-state index contributed by atoms with van der Waals surface area (Å²) in [5, 5.41) is 2.29. The van der Waals surface area contributed by atoms with Crippen molar-refractivity contribution < 1.29 is 23.0 Å². The number of halogens is 2. The molecule has 0 spiro atoms. The van der Waals surface area contributed by atoms with Gasteiger partial charge in [-0.25, -0.2) is 18.6 Å². The Hall–Kier alpha value is -2.97. The lowest BCUT2D eigenvalue weighted by Gasteiger charge is -2.32. The number of carbonyl (C=O) groups excluding carboxylic acids is 1. The van der Waals surface area contributed by atoms with Crippen molar-refractivity contribution in [1.29, 1.82) is 0 Å². The molecule has 9 heteroatoms. The van der Waals surface area contributed by atoms with E-state index in [-0.39, 0.29) is 12.1 Å². The van der Waals surface area contributed by atoms with Crippen LogP contribution < -0.4 is 14.8 Å². The number of rotatable bonds is 4. The molecule has 2 heterocycles. The molecule has 0 aliphatic carbocycles. The number of urea groups is 1. The summed E-state index contributed by atoms with van der Waals surface area (Å²) in [6.07, 6.45) is 2.55. The number of hydrogen-bond donors (Lipinski definition) is 1. The molecule has 7 nitrogen and oxygen atoms in total. The second-order valence-corrected chi connectivity index (χ2v) is 5.71. The Morgan fingerprint density at radius 1 is 1.23 bits per heavy atom. The summed E-state index contributed by atoms with van der Waals surface area (Å²) >= 11 is 0. The number of nitrogens with one attached hydrogen (secondary N) is 1. The standard InChI is InChI=1S/C17H18F2N4O3/c1-25-16-20-8-5-14(21-16)26-11-6-9-23(10-7-11)17(24)22-15-12(18)3-2-4-13(15)19/h2-5,8,11H,6-7,9-10H2,1H3,(H,22,24). The summed E-state index contributed by atoms with van der Waals surface area (Å²) in [4.78, 5) is 21.7. The van der Waals surface area contributed by atoms with Crippen molar-refractivity contribution in [2.45, 2.75) is 18.9 Å². The zero-order valence-electron chi connectivity index (χ0n) is 14.1. The lowest BCUT2D eigenvalue weighted by molar-refractivity contribution is 0.110. The highest BCUT2D eigenvalue weighted by Gasteiger charge is 2.25. The molecule has 2 amide bonds. The number of methoxy groups -OCH3 is 1. The molecule has 138 valence electrons. The maximum Gasteiger partial charge on any atom is 0.322 e. The van der Waals surface area contributed by atoms with Crippen molar-refractivity contribution in [3.05, 3.63) is 42.1 Å². The Morgan fingerprint density at radius 3 is 2.58 bits per heavy atom. The predicted molar refractivity (Wildman–Crippen MR) is 89.2 cm³/mol. The average molecular weight is 364 g/mol. The number of hydrogen-bond acceptors (Lipinski definition) is 5. The Balaban J connectivity index is 1.54. The number of benzene rings is 1. The van der Waals surface area contributed by atoms with E-state index >= 15 is 0 Å². The monoisotopic (exact) mass is 364 g/mol. The van der Waals surface area contributed by atoms with Gasteiger partial charge in [0.15, 0.2) is 0 Å². The van der Waals surface area contributed by atoms with Crippen molar-refractivity contribution in [3.8, 4) is 11.9 Å². The lowest BCUT2D eigenvalue weighted by atomic mass is 10.1. The Kier molecular flexibility index (Phi) is 5.45. The number of likely N-dealkylation sites (tertiary alicyclic amines) is 1. The molecular weight excluding hydrogens is 346 g/mol. The Morgan fingerprint density at radius 2 is 1.92 bits per heavy atom. The second kappa shape index (κ2) is 7.94. The first-order valence-corrected chi connectivity index (χ1v) is 8.10. The summed E-state index contributed by atoms with van der Waals surface area (Å²) in [6, 6.07) is 4.72. The first-order chi connectivity index (χ1) is 12.6. The Labute approximate surface area is 149 Å².